The fourth-order valence-electron chi connectivity index (χ4n) is 3.33. The Morgan fingerprint density at radius 1 is 1.14 bits per heavy atom. The standard InChI is InChI=1S/C11H21N3/c1-2-11(13-3-1)8-14-6-9-4-12-5-10(9)7-14/h9-13H,1-8H2/t9-,10+,11-/m0/s1. The van der Waals surface area contributed by atoms with E-state index in [0.717, 1.165) is 17.9 Å². The first-order chi connectivity index (χ1) is 6.92. The van der Waals surface area contributed by atoms with E-state index in [1.807, 2.05) is 0 Å². The molecule has 3 heteroatoms. The van der Waals surface area contributed by atoms with Crippen LogP contribution in [0, 0.1) is 11.8 Å². The second-order valence-electron chi connectivity index (χ2n) is 5.19. The van der Waals surface area contributed by atoms with E-state index in [2.05, 4.69) is 15.5 Å². The van der Waals surface area contributed by atoms with Gasteiger partial charge in [-0.3, -0.25) is 0 Å². The van der Waals surface area contributed by atoms with Gasteiger partial charge in [0.15, 0.2) is 0 Å². The van der Waals surface area contributed by atoms with Gasteiger partial charge in [0.1, 0.15) is 0 Å². The minimum Gasteiger partial charge on any atom is -0.316 e. The Morgan fingerprint density at radius 2 is 1.93 bits per heavy atom. The van der Waals surface area contributed by atoms with E-state index in [-0.39, 0.29) is 0 Å². The van der Waals surface area contributed by atoms with Crippen molar-refractivity contribution in [2.24, 2.45) is 11.8 Å². The van der Waals surface area contributed by atoms with Crippen molar-refractivity contribution in [2.45, 2.75) is 18.9 Å². The van der Waals surface area contributed by atoms with Crippen molar-refractivity contribution in [1.29, 1.82) is 0 Å². The maximum Gasteiger partial charge on any atom is 0.0195 e. The van der Waals surface area contributed by atoms with E-state index in [4.69, 9.17) is 0 Å². The molecule has 0 aromatic rings. The molecule has 0 unspecified atom stereocenters. The molecule has 0 radical (unpaired) electrons. The molecule has 3 rings (SSSR count). The van der Waals surface area contributed by atoms with Gasteiger partial charge in [0, 0.05) is 25.7 Å². The van der Waals surface area contributed by atoms with E-state index < -0.39 is 0 Å². The number of nitrogens with zero attached hydrogens (tertiary/aromatic N) is 1. The number of hydrogen-bond donors (Lipinski definition) is 2. The summed E-state index contributed by atoms with van der Waals surface area (Å²) in [6.45, 7) is 7.75. The van der Waals surface area contributed by atoms with Crippen molar-refractivity contribution in [3.63, 3.8) is 0 Å². The molecule has 14 heavy (non-hydrogen) atoms. The normalized spacial score (nSPS) is 43.3. The summed E-state index contributed by atoms with van der Waals surface area (Å²) in [5.41, 5.74) is 0. The van der Waals surface area contributed by atoms with Gasteiger partial charge in [0.25, 0.3) is 0 Å². The lowest BCUT2D eigenvalue weighted by atomic mass is 10.0. The number of likely N-dealkylation sites (tertiary alicyclic amines) is 1. The van der Waals surface area contributed by atoms with Crippen molar-refractivity contribution in [1.82, 2.24) is 15.5 Å². The number of rotatable bonds is 2. The minimum atomic E-state index is 0.793. The van der Waals surface area contributed by atoms with Gasteiger partial charge in [0.2, 0.25) is 0 Å². The summed E-state index contributed by atoms with van der Waals surface area (Å²) in [7, 11) is 0. The maximum absolute atomic E-state index is 3.59. The summed E-state index contributed by atoms with van der Waals surface area (Å²) >= 11 is 0. The van der Waals surface area contributed by atoms with Gasteiger partial charge >= 0.3 is 0 Å². The third kappa shape index (κ3) is 1.69. The Hall–Kier alpha value is -0.120. The zero-order chi connectivity index (χ0) is 9.38. The average Bonchev–Trinajstić information content (AvgIpc) is 2.78. The lowest BCUT2D eigenvalue weighted by Gasteiger charge is -2.21. The van der Waals surface area contributed by atoms with Gasteiger partial charge in [0.05, 0.1) is 0 Å². The van der Waals surface area contributed by atoms with Crippen LogP contribution in [0.1, 0.15) is 12.8 Å². The maximum atomic E-state index is 3.59. The van der Waals surface area contributed by atoms with Gasteiger partial charge in [-0.25, -0.2) is 0 Å². The van der Waals surface area contributed by atoms with Crippen molar-refractivity contribution in [3.05, 3.63) is 0 Å². The average molecular weight is 195 g/mol. The lowest BCUT2D eigenvalue weighted by Crippen LogP contribution is -2.37. The summed E-state index contributed by atoms with van der Waals surface area (Å²) in [5, 5.41) is 7.09. The minimum absolute atomic E-state index is 0.793. The first kappa shape index (κ1) is 9.13. The third-order valence-corrected chi connectivity index (χ3v) is 4.11. The Labute approximate surface area is 86.2 Å². The number of hydrogen-bond acceptors (Lipinski definition) is 3. The highest BCUT2D eigenvalue weighted by atomic mass is 15.2. The molecule has 0 saturated carbocycles. The second kappa shape index (κ2) is 3.80. The first-order valence-electron chi connectivity index (χ1n) is 6.08. The van der Waals surface area contributed by atoms with Crippen LogP contribution < -0.4 is 10.6 Å². The van der Waals surface area contributed by atoms with Crippen LogP contribution in [0.2, 0.25) is 0 Å². The molecule has 0 aliphatic carbocycles. The topological polar surface area (TPSA) is 27.3 Å². The van der Waals surface area contributed by atoms with E-state index in [1.54, 1.807) is 0 Å². The molecule has 0 amide bonds. The van der Waals surface area contributed by atoms with Crippen LogP contribution in [0.25, 0.3) is 0 Å². The largest absolute Gasteiger partial charge is 0.316 e. The van der Waals surface area contributed by atoms with Crippen LogP contribution >= 0.6 is 0 Å². The van der Waals surface area contributed by atoms with Gasteiger partial charge < -0.3 is 15.5 Å². The monoisotopic (exact) mass is 195 g/mol. The van der Waals surface area contributed by atoms with Crippen LogP contribution in [0.5, 0.6) is 0 Å². The summed E-state index contributed by atoms with van der Waals surface area (Å²) < 4.78 is 0. The van der Waals surface area contributed by atoms with Crippen molar-refractivity contribution in [2.75, 3.05) is 39.3 Å². The molecular formula is C11H21N3. The third-order valence-electron chi connectivity index (χ3n) is 4.11. The molecule has 0 aromatic heterocycles. The van der Waals surface area contributed by atoms with Crippen LogP contribution in [0.15, 0.2) is 0 Å². The molecule has 0 bridgehead atoms. The Balaban J connectivity index is 1.50. The Kier molecular flexibility index (Phi) is 2.48. The molecule has 3 nitrogen and oxygen atoms in total. The van der Waals surface area contributed by atoms with Gasteiger partial charge in [-0.2, -0.15) is 0 Å². The molecule has 80 valence electrons. The van der Waals surface area contributed by atoms with Crippen LogP contribution in [-0.2, 0) is 0 Å². The highest BCUT2D eigenvalue weighted by Gasteiger charge is 2.36. The fourth-order valence-corrected chi connectivity index (χ4v) is 3.33. The zero-order valence-corrected chi connectivity index (χ0v) is 8.84. The highest BCUT2D eigenvalue weighted by molar-refractivity contribution is 4.92. The molecule has 3 aliphatic heterocycles. The summed E-state index contributed by atoms with van der Waals surface area (Å²) in [5.74, 6) is 1.91. The predicted octanol–water partition coefficient (Wildman–Crippen LogP) is -0.110. The SMILES string of the molecule is C1CN[C@H](CN2C[C@H]3CNC[C@H]3C2)C1. The molecule has 3 saturated heterocycles. The van der Waals surface area contributed by atoms with Gasteiger partial charge in [-0.1, -0.05) is 0 Å². The number of fused-ring (bicyclic) bond motifs is 1. The van der Waals surface area contributed by atoms with Gasteiger partial charge in [-0.15, -0.1) is 0 Å². The zero-order valence-electron chi connectivity index (χ0n) is 8.84. The molecule has 0 spiro atoms. The van der Waals surface area contributed by atoms with Gasteiger partial charge in [-0.05, 0) is 44.3 Å². The molecule has 3 fully saturated rings. The molecule has 0 aromatic carbocycles. The van der Waals surface area contributed by atoms with E-state index in [1.165, 1.54) is 52.1 Å². The van der Waals surface area contributed by atoms with Crippen LogP contribution in [-0.4, -0.2) is 50.2 Å². The van der Waals surface area contributed by atoms with Crippen LogP contribution in [0.3, 0.4) is 0 Å². The van der Waals surface area contributed by atoms with Crippen molar-refractivity contribution in [3.8, 4) is 0 Å². The summed E-state index contributed by atoms with van der Waals surface area (Å²) in [6, 6.07) is 0.793. The Morgan fingerprint density at radius 3 is 2.57 bits per heavy atom. The quantitative estimate of drug-likeness (QED) is 0.644. The second-order valence-corrected chi connectivity index (χ2v) is 5.19. The van der Waals surface area contributed by atoms with Crippen molar-refractivity contribution < 1.29 is 0 Å². The lowest BCUT2D eigenvalue weighted by molar-refractivity contribution is 0.283. The first-order valence-corrected chi connectivity index (χ1v) is 6.08. The summed E-state index contributed by atoms with van der Waals surface area (Å²) in [4.78, 5) is 2.68. The Bertz CT molecular complexity index is 189. The predicted molar refractivity (Wildman–Crippen MR) is 57.3 cm³/mol. The van der Waals surface area contributed by atoms with E-state index >= 15 is 0 Å². The molecule has 2 N–H and O–H groups in total. The van der Waals surface area contributed by atoms with Crippen molar-refractivity contribution >= 4 is 0 Å². The number of nitrogens with one attached hydrogen (secondary N) is 2. The molecule has 3 aliphatic rings. The van der Waals surface area contributed by atoms with E-state index in [9.17, 15) is 0 Å². The van der Waals surface area contributed by atoms with Crippen LogP contribution in [0.4, 0.5) is 0 Å². The van der Waals surface area contributed by atoms with E-state index in [0.29, 0.717) is 0 Å². The summed E-state index contributed by atoms with van der Waals surface area (Å²) in [6.07, 6.45) is 2.77. The molecule has 3 heterocycles. The smallest absolute Gasteiger partial charge is 0.0195 e. The molecular weight excluding hydrogens is 174 g/mol. The molecule has 3 atom stereocenters. The highest BCUT2D eigenvalue weighted by Crippen LogP contribution is 2.26. The fraction of sp³-hybridized carbons (Fsp3) is 1.00.